The van der Waals surface area contributed by atoms with Gasteiger partial charge in [-0.25, -0.2) is 9.59 Å². The average molecular weight is 636 g/mol. The number of nitrogens with zero attached hydrogens (tertiary/aromatic N) is 2. The molecule has 250 valence electrons. The van der Waals surface area contributed by atoms with Gasteiger partial charge in [0.2, 0.25) is 6.23 Å². The van der Waals surface area contributed by atoms with Crippen LogP contribution in [0.1, 0.15) is 129 Å². The van der Waals surface area contributed by atoms with Crippen molar-refractivity contribution in [2.24, 2.45) is 0 Å². The number of carbonyl (C=O) groups excluding carboxylic acids is 1. The molecule has 4 N–H and O–H groups in total. The van der Waals surface area contributed by atoms with Crippen molar-refractivity contribution in [2.45, 2.75) is 128 Å². The zero-order valence-corrected chi connectivity index (χ0v) is 26.1. The van der Waals surface area contributed by atoms with E-state index in [1.165, 1.54) is 70.3 Å². The third-order valence-corrected chi connectivity index (χ3v) is 8.29. The SMILES string of the molecule is CCCCCCCCCCCCCCCCc1cccc(C(=O)O)c1C(=O)Nc1ccn([C@@H]2O[C@H](CO)[C@@H](O)C2(F)F)c(=O)n1. The molecule has 2 heterocycles. The largest absolute Gasteiger partial charge is 0.478 e. The zero-order chi connectivity index (χ0) is 32.8. The fourth-order valence-corrected chi connectivity index (χ4v) is 5.72. The molecule has 10 nitrogen and oxygen atoms in total. The van der Waals surface area contributed by atoms with E-state index in [9.17, 15) is 38.5 Å². The number of aryl methyl sites for hydroxylation is 1. The van der Waals surface area contributed by atoms with E-state index in [0.717, 1.165) is 37.9 Å². The number of unbranched alkanes of at least 4 members (excludes halogenated alkanes) is 13. The molecule has 45 heavy (non-hydrogen) atoms. The Balaban J connectivity index is 1.53. The fraction of sp³-hybridized carbons (Fsp3) is 0.636. The lowest BCUT2D eigenvalue weighted by Gasteiger charge is -2.21. The first kappa shape index (κ1) is 36.3. The molecule has 0 saturated carbocycles. The van der Waals surface area contributed by atoms with Gasteiger partial charge in [-0.15, -0.1) is 0 Å². The summed E-state index contributed by atoms with van der Waals surface area (Å²) in [7, 11) is 0. The summed E-state index contributed by atoms with van der Waals surface area (Å²) in [6.07, 6.45) is 12.1. The van der Waals surface area contributed by atoms with E-state index in [2.05, 4.69) is 17.2 Å². The zero-order valence-electron chi connectivity index (χ0n) is 26.1. The summed E-state index contributed by atoms with van der Waals surface area (Å²) in [5.74, 6) is -6.24. The summed E-state index contributed by atoms with van der Waals surface area (Å²) in [6.45, 7) is 1.35. The van der Waals surface area contributed by atoms with Gasteiger partial charge in [0.25, 0.3) is 5.91 Å². The summed E-state index contributed by atoms with van der Waals surface area (Å²) in [5, 5.41) is 31.1. The van der Waals surface area contributed by atoms with Crippen molar-refractivity contribution in [3.8, 4) is 0 Å². The molecule has 2 aromatic rings. The standard InChI is InChI=1S/C33H47F2N3O7/c1-2-3-4-5-6-7-8-9-10-11-12-13-14-15-17-23-18-16-19-24(30(42)43)27(23)29(41)36-26-20-21-38(32(44)37-26)31-33(34,35)28(40)25(22-39)45-31/h16,18-21,25,28,31,39-40H,2-15,17,22H2,1H3,(H,42,43)(H,36,37,41,44)/t25-,28-,31-/m1/s1. The van der Waals surface area contributed by atoms with Gasteiger partial charge in [-0.2, -0.15) is 13.8 Å². The molecule has 3 rings (SSSR count). The summed E-state index contributed by atoms with van der Waals surface area (Å²) in [4.78, 5) is 41.4. The van der Waals surface area contributed by atoms with Crippen LogP contribution in [0.4, 0.5) is 14.6 Å². The smallest absolute Gasteiger partial charge is 0.351 e. The predicted molar refractivity (Wildman–Crippen MR) is 166 cm³/mol. The van der Waals surface area contributed by atoms with Gasteiger partial charge in [0.15, 0.2) is 6.10 Å². The predicted octanol–water partition coefficient (Wildman–Crippen LogP) is 6.10. The van der Waals surface area contributed by atoms with E-state index in [0.29, 0.717) is 16.6 Å². The van der Waals surface area contributed by atoms with Crippen molar-refractivity contribution in [3.05, 3.63) is 57.6 Å². The molecule has 0 aliphatic carbocycles. The number of aromatic carboxylic acids is 1. The Morgan fingerprint density at radius 1 is 0.956 bits per heavy atom. The molecule has 1 aromatic heterocycles. The number of carboxylic acid groups (broad SMARTS) is 1. The molecule has 1 aliphatic heterocycles. The van der Waals surface area contributed by atoms with Gasteiger partial charge in [0.05, 0.1) is 17.7 Å². The number of aromatic nitrogens is 2. The quantitative estimate of drug-likeness (QED) is 0.127. The molecular formula is C33H47F2N3O7. The number of aliphatic hydroxyl groups is 2. The van der Waals surface area contributed by atoms with Crippen LogP contribution in [0.15, 0.2) is 35.3 Å². The molecule has 1 fully saturated rings. The first-order valence-electron chi connectivity index (χ1n) is 16.2. The molecule has 1 amide bonds. The van der Waals surface area contributed by atoms with Crippen LogP contribution < -0.4 is 11.0 Å². The van der Waals surface area contributed by atoms with E-state index in [-0.39, 0.29) is 16.9 Å². The van der Waals surface area contributed by atoms with Gasteiger partial charge < -0.3 is 25.4 Å². The number of hydrogen-bond acceptors (Lipinski definition) is 7. The highest BCUT2D eigenvalue weighted by Crippen LogP contribution is 2.42. The number of benzene rings is 1. The van der Waals surface area contributed by atoms with Crippen LogP contribution in [0.5, 0.6) is 0 Å². The van der Waals surface area contributed by atoms with Gasteiger partial charge in [-0.3, -0.25) is 9.36 Å². The van der Waals surface area contributed by atoms with Gasteiger partial charge >= 0.3 is 17.6 Å². The normalized spacial score (nSPS) is 19.1. The topological polar surface area (TPSA) is 151 Å². The minimum atomic E-state index is -3.88. The van der Waals surface area contributed by atoms with Crippen LogP contribution in [0.3, 0.4) is 0 Å². The van der Waals surface area contributed by atoms with Gasteiger partial charge in [0.1, 0.15) is 11.9 Å². The first-order chi connectivity index (χ1) is 21.6. The van der Waals surface area contributed by atoms with Crippen molar-refractivity contribution in [1.82, 2.24) is 9.55 Å². The Morgan fingerprint density at radius 2 is 1.53 bits per heavy atom. The van der Waals surface area contributed by atoms with Crippen molar-refractivity contribution in [2.75, 3.05) is 11.9 Å². The molecule has 1 aliphatic rings. The Morgan fingerprint density at radius 3 is 2.04 bits per heavy atom. The van der Waals surface area contributed by atoms with E-state index in [1.54, 1.807) is 12.1 Å². The molecule has 0 radical (unpaired) electrons. The van der Waals surface area contributed by atoms with Gasteiger partial charge in [-0.1, -0.05) is 103 Å². The van der Waals surface area contributed by atoms with Gasteiger partial charge in [-0.05, 0) is 30.5 Å². The van der Waals surface area contributed by atoms with E-state index in [1.807, 2.05) is 0 Å². The third-order valence-electron chi connectivity index (χ3n) is 8.29. The number of carbonyl (C=O) groups is 2. The number of anilines is 1. The second-order valence-corrected chi connectivity index (χ2v) is 11.8. The van der Waals surface area contributed by atoms with Crippen LogP contribution in [-0.2, 0) is 11.2 Å². The Bertz CT molecular complexity index is 1300. The first-order valence-corrected chi connectivity index (χ1v) is 16.2. The van der Waals surface area contributed by atoms with Crippen LogP contribution in [-0.4, -0.2) is 61.5 Å². The third kappa shape index (κ3) is 10.1. The molecule has 0 spiro atoms. The highest BCUT2D eigenvalue weighted by molar-refractivity contribution is 6.11. The Labute approximate surface area is 262 Å². The van der Waals surface area contributed by atoms with Crippen molar-refractivity contribution in [3.63, 3.8) is 0 Å². The second kappa shape index (κ2) is 18.1. The number of ether oxygens (including phenoxy) is 1. The van der Waals surface area contributed by atoms with Gasteiger partial charge in [0, 0.05) is 6.20 Å². The second-order valence-electron chi connectivity index (χ2n) is 11.8. The maximum absolute atomic E-state index is 14.5. The summed E-state index contributed by atoms with van der Waals surface area (Å²) in [6, 6.07) is 5.68. The lowest BCUT2D eigenvalue weighted by molar-refractivity contribution is -0.140. The van der Waals surface area contributed by atoms with Crippen LogP contribution in [0, 0.1) is 0 Å². The Kier molecular flexibility index (Phi) is 14.5. The van der Waals surface area contributed by atoms with Crippen molar-refractivity contribution < 1.29 is 38.4 Å². The number of amides is 1. The van der Waals surface area contributed by atoms with Crippen LogP contribution in [0.25, 0.3) is 0 Å². The minimum Gasteiger partial charge on any atom is -0.478 e. The number of nitrogens with one attached hydrogen (secondary N) is 1. The Hall–Kier alpha value is -3.22. The number of alkyl halides is 2. The highest BCUT2D eigenvalue weighted by atomic mass is 19.3. The van der Waals surface area contributed by atoms with Crippen molar-refractivity contribution in [1.29, 1.82) is 0 Å². The lowest BCUT2D eigenvalue weighted by atomic mass is 9.95. The molecule has 0 unspecified atom stereocenters. The summed E-state index contributed by atoms with van der Waals surface area (Å²) >= 11 is 0. The maximum atomic E-state index is 14.5. The molecule has 12 heteroatoms. The number of hydrogen-bond donors (Lipinski definition) is 4. The number of carboxylic acids is 1. The summed E-state index contributed by atoms with van der Waals surface area (Å²) < 4.78 is 34.4. The monoisotopic (exact) mass is 635 g/mol. The molecule has 3 atom stereocenters. The summed E-state index contributed by atoms with van der Waals surface area (Å²) in [5.41, 5.74) is -0.905. The number of rotatable bonds is 20. The minimum absolute atomic E-state index is 0.0507. The molecule has 0 bridgehead atoms. The highest BCUT2D eigenvalue weighted by Gasteiger charge is 2.59. The van der Waals surface area contributed by atoms with Crippen LogP contribution in [0.2, 0.25) is 0 Å². The van der Waals surface area contributed by atoms with E-state index >= 15 is 0 Å². The maximum Gasteiger partial charge on any atom is 0.351 e. The van der Waals surface area contributed by atoms with E-state index < -0.39 is 48.5 Å². The fourth-order valence-electron chi connectivity index (χ4n) is 5.72. The molecule has 1 aromatic carbocycles. The number of halogens is 2. The lowest BCUT2D eigenvalue weighted by Crippen LogP contribution is -2.41. The molecular weight excluding hydrogens is 588 g/mol. The molecule has 1 saturated heterocycles. The average Bonchev–Trinajstić information content (AvgIpc) is 3.24. The van der Waals surface area contributed by atoms with Crippen LogP contribution >= 0.6 is 0 Å². The number of aliphatic hydroxyl groups excluding tert-OH is 2. The van der Waals surface area contributed by atoms with Crippen molar-refractivity contribution >= 4 is 17.7 Å². The van der Waals surface area contributed by atoms with E-state index in [4.69, 9.17) is 4.74 Å².